The minimum Gasteiger partial charge on any atom is -0.350 e. The average Bonchev–Trinajstić information content (AvgIpc) is 2.60. The second-order valence-electron chi connectivity index (χ2n) is 6.00. The van der Waals surface area contributed by atoms with Crippen molar-refractivity contribution < 1.29 is 4.79 Å². The second-order valence-corrected chi connectivity index (χ2v) is 6.38. The third kappa shape index (κ3) is 4.49. The third-order valence-electron chi connectivity index (χ3n) is 2.92. The fourth-order valence-electron chi connectivity index (χ4n) is 1.86. The highest BCUT2D eigenvalue weighted by molar-refractivity contribution is 6.31. The summed E-state index contributed by atoms with van der Waals surface area (Å²) in [5, 5.41) is 11.2. The molecule has 0 bridgehead atoms. The fraction of sp³-hybridized carbons (Fsp3) is 0.714. The van der Waals surface area contributed by atoms with E-state index in [1.54, 1.807) is 0 Å². The maximum Gasteiger partial charge on any atom is 0.237 e. The highest BCUT2D eigenvalue weighted by Gasteiger charge is 2.20. The second kappa shape index (κ2) is 6.59. The van der Waals surface area contributed by atoms with Crippen molar-refractivity contribution in [1.29, 1.82) is 0 Å². The Morgan fingerprint density at radius 3 is 2.55 bits per heavy atom. The fourth-order valence-corrected chi connectivity index (χ4v) is 2.06. The first-order chi connectivity index (χ1) is 9.15. The van der Waals surface area contributed by atoms with Crippen molar-refractivity contribution in [2.45, 2.75) is 66.2 Å². The quantitative estimate of drug-likeness (QED) is 0.877. The molecular formula is C14H25ClN4O. The molecule has 114 valence electrons. The molecule has 0 saturated heterocycles. The molecule has 1 atom stereocenters. The van der Waals surface area contributed by atoms with E-state index in [0.29, 0.717) is 11.6 Å². The van der Waals surface area contributed by atoms with Gasteiger partial charge in [0.2, 0.25) is 5.91 Å². The van der Waals surface area contributed by atoms with Crippen LogP contribution in [0.2, 0.25) is 5.02 Å². The Bertz CT molecular complexity index is 476. The van der Waals surface area contributed by atoms with Crippen LogP contribution in [0.5, 0.6) is 0 Å². The van der Waals surface area contributed by atoms with Gasteiger partial charge >= 0.3 is 0 Å². The number of hydrogen-bond donors (Lipinski definition) is 2. The Morgan fingerprint density at radius 1 is 1.45 bits per heavy atom. The largest absolute Gasteiger partial charge is 0.350 e. The van der Waals surface area contributed by atoms with Crippen molar-refractivity contribution in [1.82, 2.24) is 20.4 Å². The molecule has 1 aromatic heterocycles. The molecule has 0 spiro atoms. The van der Waals surface area contributed by atoms with Gasteiger partial charge < -0.3 is 10.6 Å². The lowest BCUT2D eigenvalue weighted by Crippen LogP contribution is -2.49. The van der Waals surface area contributed by atoms with Crippen molar-refractivity contribution in [2.24, 2.45) is 0 Å². The zero-order valence-electron chi connectivity index (χ0n) is 13.2. The Hall–Kier alpha value is -1.07. The van der Waals surface area contributed by atoms with Crippen molar-refractivity contribution in [3.8, 4) is 0 Å². The Labute approximate surface area is 126 Å². The summed E-state index contributed by atoms with van der Waals surface area (Å²) in [5.41, 5.74) is 1.51. The van der Waals surface area contributed by atoms with Crippen molar-refractivity contribution >= 4 is 17.5 Å². The number of aromatic nitrogens is 2. The predicted molar refractivity (Wildman–Crippen MR) is 81.8 cm³/mol. The van der Waals surface area contributed by atoms with Crippen LogP contribution in [0.25, 0.3) is 0 Å². The van der Waals surface area contributed by atoms with E-state index in [1.807, 2.05) is 46.2 Å². The number of halogens is 1. The molecule has 6 heteroatoms. The average molecular weight is 301 g/mol. The number of amides is 1. The van der Waals surface area contributed by atoms with Crippen LogP contribution < -0.4 is 10.6 Å². The summed E-state index contributed by atoms with van der Waals surface area (Å²) in [7, 11) is 0. The van der Waals surface area contributed by atoms with Gasteiger partial charge in [-0.2, -0.15) is 5.10 Å². The molecule has 2 N–H and O–H groups in total. The van der Waals surface area contributed by atoms with Crippen LogP contribution in [0.15, 0.2) is 0 Å². The topological polar surface area (TPSA) is 59.0 Å². The predicted octanol–water partition coefficient (Wildman–Crippen LogP) is 2.26. The molecule has 0 aliphatic heterocycles. The lowest BCUT2D eigenvalue weighted by molar-refractivity contribution is -0.124. The smallest absolute Gasteiger partial charge is 0.237 e. The van der Waals surface area contributed by atoms with Crippen LogP contribution in [0.1, 0.15) is 46.0 Å². The molecule has 0 aliphatic carbocycles. The van der Waals surface area contributed by atoms with E-state index in [9.17, 15) is 4.79 Å². The molecule has 0 aliphatic rings. The van der Waals surface area contributed by atoms with Crippen LogP contribution in [0.3, 0.4) is 0 Å². The Balaban J connectivity index is 2.65. The molecule has 0 fully saturated rings. The van der Waals surface area contributed by atoms with Gasteiger partial charge in [0.25, 0.3) is 0 Å². The van der Waals surface area contributed by atoms with E-state index in [-0.39, 0.29) is 17.5 Å². The maximum atomic E-state index is 12.0. The van der Waals surface area contributed by atoms with E-state index in [4.69, 9.17) is 11.6 Å². The van der Waals surface area contributed by atoms with Crippen molar-refractivity contribution in [3.05, 3.63) is 16.4 Å². The summed E-state index contributed by atoms with van der Waals surface area (Å²) in [6.45, 7) is 12.9. The molecule has 0 radical (unpaired) electrons. The molecule has 1 amide bonds. The third-order valence-corrected chi connectivity index (χ3v) is 3.41. The SMILES string of the molecule is CCn1nc(C)c(Cl)c1CNC(C)C(=O)NC(C)(C)C. The highest BCUT2D eigenvalue weighted by Crippen LogP contribution is 2.20. The van der Waals surface area contributed by atoms with Crippen LogP contribution in [-0.2, 0) is 17.9 Å². The first kappa shape index (κ1) is 17.0. The summed E-state index contributed by atoms with van der Waals surface area (Å²) < 4.78 is 1.86. The van der Waals surface area contributed by atoms with Crippen molar-refractivity contribution in [2.75, 3.05) is 0 Å². The summed E-state index contributed by atoms with van der Waals surface area (Å²) >= 11 is 6.24. The number of carbonyl (C=O) groups excluding carboxylic acids is 1. The normalized spacial score (nSPS) is 13.3. The molecule has 0 saturated carbocycles. The number of nitrogens with zero attached hydrogens (tertiary/aromatic N) is 2. The van der Waals surface area contributed by atoms with Gasteiger partial charge in [0.15, 0.2) is 0 Å². The van der Waals surface area contributed by atoms with E-state index in [1.165, 1.54) is 0 Å². The summed E-state index contributed by atoms with van der Waals surface area (Å²) in [6, 6.07) is -0.286. The molecule has 20 heavy (non-hydrogen) atoms. The van der Waals surface area contributed by atoms with Gasteiger partial charge in [-0.05, 0) is 41.5 Å². The van der Waals surface area contributed by atoms with Gasteiger partial charge in [-0.15, -0.1) is 0 Å². The van der Waals surface area contributed by atoms with Crippen molar-refractivity contribution in [3.63, 3.8) is 0 Å². The first-order valence-corrected chi connectivity index (χ1v) is 7.30. The van der Waals surface area contributed by atoms with Crippen LogP contribution >= 0.6 is 11.6 Å². The summed E-state index contributed by atoms with van der Waals surface area (Å²) in [5.74, 6) is -0.0205. The zero-order valence-corrected chi connectivity index (χ0v) is 13.9. The standard InChI is InChI=1S/C14H25ClN4O/c1-7-19-11(12(15)9(2)18-19)8-16-10(3)13(20)17-14(4,5)6/h10,16H,7-8H2,1-6H3,(H,17,20). The minimum atomic E-state index is -0.286. The zero-order chi connectivity index (χ0) is 15.5. The number of carbonyl (C=O) groups is 1. The van der Waals surface area contributed by atoms with E-state index < -0.39 is 0 Å². The maximum absolute atomic E-state index is 12.0. The lowest BCUT2D eigenvalue weighted by Gasteiger charge is -2.23. The molecule has 1 unspecified atom stereocenters. The molecule has 0 aromatic carbocycles. The number of nitrogens with one attached hydrogen (secondary N) is 2. The Kier molecular flexibility index (Phi) is 5.59. The van der Waals surface area contributed by atoms with E-state index in [2.05, 4.69) is 15.7 Å². The van der Waals surface area contributed by atoms with Gasteiger partial charge in [-0.1, -0.05) is 11.6 Å². The number of rotatable bonds is 5. The van der Waals surface area contributed by atoms with E-state index in [0.717, 1.165) is 17.9 Å². The first-order valence-electron chi connectivity index (χ1n) is 6.93. The highest BCUT2D eigenvalue weighted by atomic mass is 35.5. The Morgan fingerprint density at radius 2 is 2.05 bits per heavy atom. The minimum absolute atomic E-state index is 0.0205. The van der Waals surface area contributed by atoms with Crippen LogP contribution in [0.4, 0.5) is 0 Å². The van der Waals surface area contributed by atoms with Crippen LogP contribution in [-0.4, -0.2) is 27.3 Å². The van der Waals surface area contributed by atoms with Gasteiger partial charge in [-0.3, -0.25) is 9.48 Å². The lowest BCUT2D eigenvalue weighted by atomic mass is 10.1. The monoisotopic (exact) mass is 300 g/mol. The summed E-state index contributed by atoms with van der Waals surface area (Å²) in [4.78, 5) is 12.0. The molecular weight excluding hydrogens is 276 g/mol. The van der Waals surface area contributed by atoms with E-state index >= 15 is 0 Å². The van der Waals surface area contributed by atoms with Gasteiger partial charge in [0.05, 0.1) is 22.5 Å². The van der Waals surface area contributed by atoms with Gasteiger partial charge in [-0.25, -0.2) is 0 Å². The van der Waals surface area contributed by atoms with Gasteiger partial charge in [0.1, 0.15) is 0 Å². The summed E-state index contributed by atoms with van der Waals surface area (Å²) in [6.07, 6.45) is 0. The van der Waals surface area contributed by atoms with Crippen LogP contribution in [0, 0.1) is 6.92 Å². The number of aryl methyl sites for hydroxylation is 2. The molecule has 1 heterocycles. The molecule has 1 rings (SSSR count). The molecule has 5 nitrogen and oxygen atoms in total. The molecule has 1 aromatic rings. The van der Waals surface area contributed by atoms with Gasteiger partial charge in [0, 0.05) is 18.6 Å². The number of hydrogen-bond acceptors (Lipinski definition) is 3.